The standard InChI is InChI=1S/C15H19N3OS/c1-10-7-12(15(16)19)3-4-13(10)8-17-6-5-14-9-20-11(2)18-14/h3-4,7,9,17H,5-6,8H2,1-2H3,(H2,16,19). The third-order valence-electron chi connectivity index (χ3n) is 3.17. The van der Waals surface area contributed by atoms with Crippen molar-refractivity contribution >= 4 is 17.2 Å². The molecule has 106 valence electrons. The molecule has 0 atom stereocenters. The Bertz CT molecular complexity index is 607. The Morgan fingerprint density at radius 1 is 1.40 bits per heavy atom. The minimum absolute atomic E-state index is 0.383. The molecular formula is C15H19N3OS. The molecule has 0 aliphatic carbocycles. The molecule has 20 heavy (non-hydrogen) atoms. The molecular weight excluding hydrogens is 270 g/mol. The lowest BCUT2D eigenvalue weighted by atomic mass is 10.0. The second-order valence-electron chi connectivity index (χ2n) is 4.79. The molecule has 0 aliphatic rings. The molecule has 5 heteroatoms. The molecule has 0 spiro atoms. The predicted molar refractivity (Wildman–Crippen MR) is 82.0 cm³/mol. The molecule has 0 unspecified atom stereocenters. The number of benzene rings is 1. The smallest absolute Gasteiger partial charge is 0.248 e. The summed E-state index contributed by atoms with van der Waals surface area (Å²) in [6, 6.07) is 5.56. The van der Waals surface area contributed by atoms with E-state index >= 15 is 0 Å². The zero-order chi connectivity index (χ0) is 14.5. The Morgan fingerprint density at radius 3 is 2.80 bits per heavy atom. The summed E-state index contributed by atoms with van der Waals surface area (Å²) in [5, 5.41) is 6.61. The first-order valence-corrected chi connectivity index (χ1v) is 7.45. The molecule has 1 aromatic heterocycles. The second kappa shape index (κ2) is 6.63. The van der Waals surface area contributed by atoms with Crippen molar-refractivity contribution in [3.05, 3.63) is 51.0 Å². The maximum atomic E-state index is 11.1. The Kier molecular flexibility index (Phi) is 4.87. The van der Waals surface area contributed by atoms with Gasteiger partial charge in [-0.3, -0.25) is 4.79 Å². The van der Waals surface area contributed by atoms with Crippen LogP contribution in [0.1, 0.15) is 32.2 Å². The SMILES string of the molecule is Cc1nc(CCNCc2ccc(C(N)=O)cc2C)cs1. The molecule has 0 aliphatic heterocycles. The topological polar surface area (TPSA) is 68.0 Å². The first-order valence-electron chi connectivity index (χ1n) is 6.57. The van der Waals surface area contributed by atoms with Gasteiger partial charge in [0.25, 0.3) is 0 Å². The van der Waals surface area contributed by atoms with Crippen LogP contribution >= 0.6 is 11.3 Å². The maximum Gasteiger partial charge on any atom is 0.248 e. The highest BCUT2D eigenvalue weighted by atomic mass is 32.1. The Morgan fingerprint density at radius 2 is 2.20 bits per heavy atom. The van der Waals surface area contributed by atoms with Crippen LogP contribution in [0.3, 0.4) is 0 Å². The number of carbonyl (C=O) groups excluding carboxylic acids is 1. The highest BCUT2D eigenvalue weighted by Gasteiger charge is 2.04. The van der Waals surface area contributed by atoms with Crippen molar-refractivity contribution in [3.8, 4) is 0 Å². The van der Waals surface area contributed by atoms with E-state index in [9.17, 15) is 4.79 Å². The van der Waals surface area contributed by atoms with Gasteiger partial charge in [0.15, 0.2) is 0 Å². The molecule has 1 amide bonds. The third-order valence-corrected chi connectivity index (χ3v) is 3.99. The molecule has 0 bridgehead atoms. The normalized spacial score (nSPS) is 10.7. The van der Waals surface area contributed by atoms with Gasteiger partial charge in [-0.2, -0.15) is 0 Å². The summed E-state index contributed by atoms with van der Waals surface area (Å²) in [4.78, 5) is 15.5. The monoisotopic (exact) mass is 289 g/mol. The zero-order valence-electron chi connectivity index (χ0n) is 11.8. The van der Waals surface area contributed by atoms with Crippen molar-refractivity contribution in [1.29, 1.82) is 0 Å². The average Bonchev–Trinajstić information content (AvgIpc) is 2.81. The average molecular weight is 289 g/mol. The van der Waals surface area contributed by atoms with Crippen LogP contribution in [0.5, 0.6) is 0 Å². The molecule has 1 aromatic carbocycles. The third kappa shape index (κ3) is 3.88. The van der Waals surface area contributed by atoms with Crippen molar-refractivity contribution in [1.82, 2.24) is 10.3 Å². The number of thiazole rings is 1. The van der Waals surface area contributed by atoms with Gasteiger partial charge in [0.05, 0.1) is 10.7 Å². The van der Waals surface area contributed by atoms with Crippen LogP contribution in [-0.4, -0.2) is 17.4 Å². The van der Waals surface area contributed by atoms with Crippen LogP contribution in [0, 0.1) is 13.8 Å². The van der Waals surface area contributed by atoms with Crippen LogP contribution in [0.25, 0.3) is 0 Å². The second-order valence-corrected chi connectivity index (χ2v) is 5.85. The fourth-order valence-electron chi connectivity index (χ4n) is 2.01. The predicted octanol–water partition coefficient (Wildman–Crippen LogP) is 2.19. The fraction of sp³-hybridized carbons (Fsp3) is 0.333. The van der Waals surface area contributed by atoms with Gasteiger partial charge in [-0.1, -0.05) is 6.07 Å². The summed E-state index contributed by atoms with van der Waals surface area (Å²) in [6.07, 6.45) is 0.933. The number of aromatic nitrogens is 1. The number of amides is 1. The number of carbonyl (C=O) groups is 1. The first kappa shape index (κ1) is 14.7. The van der Waals surface area contributed by atoms with E-state index in [2.05, 4.69) is 15.7 Å². The van der Waals surface area contributed by atoms with Crippen molar-refractivity contribution in [3.63, 3.8) is 0 Å². The Balaban J connectivity index is 1.83. The van der Waals surface area contributed by atoms with Gasteiger partial charge < -0.3 is 11.1 Å². The van der Waals surface area contributed by atoms with Crippen LogP contribution in [0.2, 0.25) is 0 Å². The molecule has 0 saturated carbocycles. The molecule has 1 heterocycles. The molecule has 2 rings (SSSR count). The summed E-state index contributed by atoms with van der Waals surface area (Å²) in [6.45, 7) is 5.69. The Labute approximate surface area is 123 Å². The van der Waals surface area contributed by atoms with Gasteiger partial charge in [0.2, 0.25) is 5.91 Å². The van der Waals surface area contributed by atoms with Gasteiger partial charge in [-0.05, 0) is 37.1 Å². The number of nitrogens with one attached hydrogen (secondary N) is 1. The van der Waals surface area contributed by atoms with Gasteiger partial charge >= 0.3 is 0 Å². The van der Waals surface area contributed by atoms with Crippen molar-refractivity contribution in [2.75, 3.05) is 6.54 Å². The minimum atomic E-state index is -0.383. The van der Waals surface area contributed by atoms with Gasteiger partial charge in [-0.25, -0.2) is 4.98 Å². The van der Waals surface area contributed by atoms with Crippen LogP contribution in [0.4, 0.5) is 0 Å². The van der Waals surface area contributed by atoms with E-state index in [1.165, 1.54) is 5.56 Å². The Hall–Kier alpha value is -1.72. The maximum absolute atomic E-state index is 11.1. The first-order chi connectivity index (χ1) is 9.56. The summed E-state index contributed by atoms with van der Waals surface area (Å²) < 4.78 is 0. The van der Waals surface area contributed by atoms with Crippen LogP contribution < -0.4 is 11.1 Å². The summed E-state index contributed by atoms with van der Waals surface area (Å²) in [5.41, 5.74) is 9.23. The van der Waals surface area contributed by atoms with E-state index in [0.29, 0.717) is 5.56 Å². The van der Waals surface area contributed by atoms with Crippen molar-refractivity contribution < 1.29 is 4.79 Å². The molecule has 0 saturated heterocycles. The highest BCUT2D eigenvalue weighted by molar-refractivity contribution is 7.09. The number of primary amides is 1. The largest absolute Gasteiger partial charge is 0.366 e. The molecule has 0 fully saturated rings. The molecule has 3 N–H and O–H groups in total. The van der Waals surface area contributed by atoms with E-state index in [-0.39, 0.29) is 5.91 Å². The zero-order valence-corrected chi connectivity index (χ0v) is 12.6. The number of aryl methyl sites for hydroxylation is 2. The lowest BCUT2D eigenvalue weighted by molar-refractivity contribution is 0.1000. The van der Waals surface area contributed by atoms with E-state index in [4.69, 9.17) is 5.73 Å². The quantitative estimate of drug-likeness (QED) is 0.801. The number of nitrogens with two attached hydrogens (primary N) is 1. The number of nitrogens with zero attached hydrogens (tertiary/aromatic N) is 1. The highest BCUT2D eigenvalue weighted by Crippen LogP contribution is 2.11. The molecule has 2 aromatic rings. The molecule has 4 nitrogen and oxygen atoms in total. The lowest BCUT2D eigenvalue weighted by Gasteiger charge is -2.08. The van der Waals surface area contributed by atoms with Crippen molar-refractivity contribution in [2.45, 2.75) is 26.8 Å². The molecule has 0 radical (unpaired) electrons. The summed E-state index contributed by atoms with van der Waals surface area (Å²) >= 11 is 1.68. The number of rotatable bonds is 6. The van der Waals surface area contributed by atoms with Gasteiger partial charge in [-0.15, -0.1) is 11.3 Å². The van der Waals surface area contributed by atoms with Crippen LogP contribution in [-0.2, 0) is 13.0 Å². The fourth-order valence-corrected chi connectivity index (χ4v) is 2.66. The van der Waals surface area contributed by atoms with E-state index in [1.807, 2.05) is 26.0 Å². The van der Waals surface area contributed by atoms with Crippen molar-refractivity contribution in [2.24, 2.45) is 5.73 Å². The van der Waals surface area contributed by atoms with Crippen LogP contribution in [0.15, 0.2) is 23.6 Å². The van der Waals surface area contributed by atoms with Gasteiger partial charge in [0, 0.05) is 30.5 Å². The van der Waals surface area contributed by atoms with E-state index in [1.54, 1.807) is 17.4 Å². The number of hydrogen-bond acceptors (Lipinski definition) is 4. The van der Waals surface area contributed by atoms with E-state index < -0.39 is 0 Å². The van der Waals surface area contributed by atoms with E-state index in [0.717, 1.165) is 35.8 Å². The number of hydrogen-bond donors (Lipinski definition) is 2. The summed E-state index contributed by atoms with van der Waals surface area (Å²) in [7, 11) is 0. The summed E-state index contributed by atoms with van der Waals surface area (Å²) in [5.74, 6) is -0.383. The minimum Gasteiger partial charge on any atom is -0.366 e. The van der Waals surface area contributed by atoms with Gasteiger partial charge in [0.1, 0.15) is 0 Å². The lowest BCUT2D eigenvalue weighted by Crippen LogP contribution is -2.18.